The van der Waals surface area contributed by atoms with Crippen LogP contribution in [0.15, 0.2) is 79.2 Å². The van der Waals surface area contributed by atoms with E-state index in [0.717, 1.165) is 114 Å². The molecule has 0 radical (unpaired) electrons. The Morgan fingerprint density at radius 2 is 1.90 bits per heavy atom. The van der Waals surface area contributed by atoms with Crippen LogP contribution in [0.5, 0.6) is 11.6 Å². The number of fused-ring (bicyclic) bond motifs is 1. The van der Waals surface area contributed by atoms with Gasteiger partial charge in [-0.1, -0.05) is 67.4 Å². The molecule has 2 aromatic carbocycles. The fourth-order valence-corrected chi connectivity index (χ4v) is 9.33. The van der Waals surface area contributed by atoms with Crippen LogP contribution in [0.3, 0.4) is 0 Å². The topological polar surface area (TPSA) is 126 Å². The molecule has 12 nitrogen and oxygen atoms in total. The van der Waals surface area contributed by atoms with Crippen LogP contribution >= 0.6 is 23.1 Å². The van der Waals surface area contributed by atoms with Crippen LogP contribution in [-0.4, -0.2) is 112 Å². The lowest BCUT2D eigenvalue weighted by molar-refractivity contribution is -0.146. The van der Waals surface area contributed by atoms with Crippen molar-refractivity contribution in [2.75, 3.05) is 64.9 Å². The molecular formula is C48H56ClN7O5S. The van der Waals surface area contributed by atoms with Gasteiger partial charge in [0, 0.05) is 93.8 Å². The minimum Gasteiger partial charge on any atom is -0.491 e. The molecule has 2 fully saturated rings. The second-order valence-corrected chi connectivity index (χ2v) is 17.8. The van der Waals surface area contributed by atoms with Crippen LogP contribution in [-0.2, 0) is 16.1 Å². The van der Waals surface area contributed by atoms with Gasteiger partial charge < -0.3 is 29.1 Å². The third-order valence-electron chi connectivity index (χ3n) is 12.3. The molecule has 2 aliphatic carbocycles. The van der Waals surface area contributed by atoms with Crippen molar-refractivity contribution in [3.63, 3.8) is 0 Å². The molecule has 4 heterocycles. The van der Waals surface area contributed by atoms with Crippen LogP contribution in [0.1, 0.15) is 61.9 Å². The smallest absolute Gasteiger partial charge is 0.344 e. The highest BCUT2D eigenvalue weighted by molar-refractivity contribution is 7.13. The molecule has 8 rings (SSSR count). The van der Waals surface area contributed by atoms with Crippen LogP contribution in [0.2, 0.25) is 5.02 Å². The third kappa shape index (κ3) is 9.97. The van der Waals surface area contributed by atoms with Crippen molar-refractivity contribution in [3.8, 4) is 34.1 Å². The molecule has 62 heavy (non-hydrogen) atoms. The molecular weight excluding hydrogens is 822 g/mol. The number of aromatic nitrogens is 4. The van der Waals surface area contributed by atoms with Crippen molar-refractivity contribution in [1.82, 2.24) is 29.1 Å². The van der Waals surface area contributed by atoms with Crippen molar-refractivity contribution in [3.05, 3.63) is 101 Å². The van der Waals surface area contributed by atoms with E-state index in [1.165, 1.54) is 11.5 Å². The summed E-state index contributed by atoms with van der Waals surface area (Å²) in [5, 5.41) is 12.0. The molecule has 0 spiro atoms. The van der Waals surface area contributed by atoms with E-state index < -0.39 is 18.2 Å². The lowest BCUT2D eigenvalue weighted by atomic mass is 9.79. The summed E-state index contributed by atoms with van der Waals surface area (Å²) >= 11 is 8.34. The van der Waals surface area contributed by atoms with Crippen LogP contribution in [0.4, 0.5) is 5.69 Å². The first-order valence-corrected chi connectivity index (χ1v) is 22.9. The predicted octanol–water partition coefficient (Wildman–Crippen LogP) is 9.07. The number of ether oxygens (including phenoxy) is 3. The van der Waals surface area contributed by atoms with Crippen molar-refractivity contribution in [2.24, 2.45) is 5.92 Å². The van der Waals surface area contributed by atoms with Gasteiger partial charge in [-0.3, -0.25) is 9.88 Å². The van der Waals surface area contributed by atoms with E-state index in [2.05, 4.69) is 52.8 Å². The number of carbonyl (C=O) groups is 1. The second-order valence-electron chi connectivity index (χ2n) is 16.7. The van der Waals surface area contributed by atoms with Crippen LogP contribution < -0.4 is 14.4 Å². The number of hydrogen-bond donors (Lipinski definition) is 1. The number of carboxylic acids is 1. The summed E-state index contributed by atoms with van der Waals surface area (Å²) in [4.78, 5) is 34.4. The summed E-state index contributed by atoms with van der Waals surface area (Å²) in [5.74, 6) is 0.462. The molecule has 1 saturated carbocycles. The number of allylic oxidation sites excluding steroid dienone is 2. The van der Waals surface area contributed by atoms with Crippen molar-refractivity contribution in [1.29, 1.82) is 0 Å². The summed E-state index contributed by atoms with van der Waals surface area (Å²) in [6.45, 7) is 10.9. The number of halogens is 1. The number of benzene rings is 2. The van der Waals surface area contributed by atoms with Gasteiger partial charge in [-0.15, -0.1) is 0 Å². The van der Waals surface area contributed by atoms with Gasteiger partial charge in [0.25, 0.3) is 0 Å². The molecule has 3 aromatic heterocycles. The van der Waals surface area contributed by atoms with E-state index in [9.17, 15) is 9.90 Å². The van der Waals surface area contributed by atoms with Gasteiger partial charge >= 0.3 is 5.97 Å². The lowest BCUT2D eigenvalue weighted by Crippen LogP contribution is -2.45. The highest BCUT2D eigenvalue weighted by atomic mass is 35.5. The summed E-state index contributed by atoms with van der Waals surface area (Å²) in [6.07, 6.45) is 14.2. The maximum absolute atomic E-state index is 13.0. The Kier molecular flexibility index (Phi) is 14.1. The minimum atomic E-state index is -1.20. The molecule has 0 bridgehead atoms. The maximum Gasteiger partial charge on any atom is 0.344 e. The maximum atomic E-state index is 13.0. The molecule has 1 N–H and O–H groups in total. The molecule has 14 heteroatoms. The van der Waals surface area contributed by atoms with Gasteiger partial charge in [0.1, 0.15) is 12.4 Å². The van der Waals surface area contributed by atoms with Gasteiger partial charge in [-0.25, -0.2) is 14.8 Å². The molecule has 3 atom stereocenters. The van der Waals surface area contributed by atoms with Gasteiger partial charge in [0.2, 0.25) is 5.88 Å². The predicted molar refractivity (Wildman–Crippen MR) is 247 cm³/mol. The molecule has 326 valence electrons. The van der Waals surface area contributed by atoms with Gasteiger partial charge in [0.05, 0.1) is 39.2 Å². The Morgan fingerprint density at radius 3 is 2.68 bits per heavy atom. The number of rotatable bonds is 18. The Hall–Kier alpha value is -4.92. The molecule has 1 aliphatic heterocycles. The fourth-order valence-electron chi connectivity index (χ4n) is 8.42. The van der Waals surface area contributed by atoms with E-state index in [1.54, 1.807) is 6.20 Å². The highest BCUT2D eigenvalue weighted by Gasteiger charge is 2.33. The first kappa shape index (κ1) is 43.7. The number of anilines is 1. The first-order valence-electron chi connectivity index (χ1n) is 21.8. The molecule has 3 aliphatic rings. The Balaban J connectivity index is 1.000. The van der Waals surface area contributed by atoms with E-state index in [1.807, 2.05) is 67.8 Å². The van der Waals surface area contributed by atoms with E-state index >= 15 is 0 Å². The first-order chi connectivity index (χ1) is 30.2. The van der Waals surface area contributed by atoms with Gasteiger partial charge in [-0.2, -0.15) is 4.37 Å². The Morgan fingerprint density at radius 1 is 1.08 bits per heavy atom. The molecule has 3 unspecified atom stereocenters. The number of carboxylic acid groups (broad SMARTS) is 1. The number of likely N-dealkylation sites (N-methyl/N-ethyl adjacent to an activating group) is 1. The quantitative estimate of drug-likeness (QED) is 0.0903. The summed E-state index contributed by atoms with van der Waals surface area (Å²) in [7, 11) is 4.24. The minimum absolute atomic E-state index is 0.161. The zero-order chi connectivity index (χ0) is 43.2. The lowest BCUT2D eigenvalue weighted by Gasteiger charge is -2.32. The molecule has 0 amide bonds. The van der Waals surface area contributed by atoms with Crippen molar-refractivity contribution < 1.29 is 24.1 Å². The average Bonchev–Trinajstić information content (AvgIpc) is 3.67. The number of hydrogen-bond acceptors (Lipinski definition) is 12. The normalized spacial score (nSPS) is 18.8. The summed E-state index contributed by atoms with van der Waals surface area (Å²) in [5.41, 5.74) is 6.40. The van der Waals surface area contributed by atoms with E-state index in [-0.39, 0.29) is 30.7 Å². The van der Waals surface area contributed by atoms with Crippen LogP contribution in [0, 0.1) is 12.8 Å². The van der Waals surface area contributed by atoms with E-state index in [4.69, 9.17) is 40.2 Å². The zero-order valence-corrected chi connectivity index (χ0v) is 37.6. The van der Waals surface area contributed by atoms with Crippen molar-refractivity contribution >= 4 is 44.9 Å². The van der Waals surface area contributed by atoms with Crippen molar-refractivity contribution in [2.45, 2.75) is 70.7 Å². The number of aliphatic carboxylic acids is 1. The highest BCUT2D eigenvalue weighted by Crippen LogP contribution is 2.48. The SMILES string of the molecule is CCCN(C)c1cccc(-c2nccc(COC3C=CC=CC3CC(Oc3nsc4cnc(C5CCC5)c(-c5ccc(OCCN6CCN(C)CC6)c(Cl)c5C)c34)C(=O)O)n2)c1. The zero-order valence-electron chi connectivity index (χ0n) is 36.0. The van der Waals surface area contributed by atoms with Gasteiger partial charge in [-0.05, 0) is 80.2 Å². The largest absolute Gasteiger partial charge is 0.491 e. The summed E-state index contributed by atoms with van der Waals surface area (Å²) in [6, 6.07) is 14.1. The Bertz CT molecular complexity index is 2410. The molecule has 5 aromatic rings. The third-order valence-corrected chi connectivity index (χ3v) is 13.6. The monoisotopic (exact) mass is 877 g/mol. The summed E-state index contributed by atoms with van der Waals surface area (Å²) < 4.78 is 24.7. The second kappa shape index (κ2) is 20.1. The number of piperazine rings is 1. The van der Waals surface area contributed by atoms with Gasteiger partial charge in [0.15, 0.2) is 11.9 Å². The number of pyridine rings is 1. The fraction of sp³-hybridized carbons (Fsp3) is 0.438. The standard InChI is InChI=1S/C48H56ClN7O5S/c1-5-20-55(4)36-14-9-13-34(27-36)46-50-19-18-35(52-46)30-60-38-15-7-6-10-33(38)28-40(48(57)58)61-47-43-41(62-53-47)29-51-45(32-11-8-12-32)42(43)37-16-17-39(44(49)31(37)2)59-26-25-56-23-21-54(3)22-24-56/h6-7,9-10,13-19,27,29,32-33,38,40H,5,8,11-12,20-26,28,30H2,1-4H3,(H,57,58). The molecule has 1 saturated heterocycles. The van der Waals surface area contributed by atoms with Crippen LogP contribution in [0.25, 0.3) is 32.6 Å². The Labute approximate surface area is 373 Å². The average molecular weight is 879 g/mol. The number of nitrogens with zero attached hydrogens (tertiary/aromatic N) is 7. The van der Waals surface area contributed by atoms with E-state index in [0.29, 0.717) is 23.2 Å².